The molecular formula is C22H18F3N3O4. The fourth-order valence-corrected chi connectivity index (χ4v) is 2.74. The van der Waals surface area contributed by atoms with Gasteiger partial charge in [0, 0.05) is 5.69 Å². The Hall–Kier alpha value is -4.08. The molecule has 0 saturated carbocycles. The highest BCUT2D eigenvalue weighted by molar-refractivity contribution is 6.11. The van der Waals surface area contributed by atoms with Crippen LogP contribution in [-0.4, -0.2) is 23.8 Å². The van der Waals surface area contributed by atoms with Crippen LogP contribution in [0.4, 0.5) is 24.5 Å². The van der Waals surface area contributed by atoms with Gasteiger partial charge in [-0.2, -0.15) is 13.2 Å². The van der Waals surface area contributed by atoms with Gasteiger partial charge in [0.05, 0.1) is 28.6 Å². The van der Waals surface area contributed by atoms with Crippen LogP contribution < -0.4 is 16.0 Å². The van der Waals surface area contributed by atoms with Gasteiger partial charge in [0.1, 0.15) is 12.3 Å². The van der Waals surface area contributed by atoms with Crippen molar-refractivity contribution >= 4 is 29.1 Å². The molecule has 1 aromatic heterocycles. The normalized spacial score (nSPS) is 12.0. The van der Waals surface area contributed by atoms with E-state index in [1.54, 1.807) is 12.1 Å². The van der Waals surface area contributed by atoms with Crippen LogP contribution in [0.5, 0.6) is 0 Å². The Kier molecular flexibility index (Phi) is 6.62. The second kappa shape index (κ2) is 9.38. The van der Waals surface area contributed by atoms with Crippen LogP contribution in [0.25, 0.3) is 0 Å². The number of furan rings is 1. The number of hydrogen-bond acceptors (Lipinski definition) is 4. The average molecular weight is 445 g/mol. The third kappa shape index (κ3) is 5.54. The maximum absolute atomic E-state index is 12.9. The fourth-order valence-electron chi connectivity index (χ4n) is 2.74. The first-order valence-electron chi connectivity index (χ1n) is 9.36. The van der Waals surface area contributed by atoms with Crippen LogP contribution >= 0.6 is 0 Å². The molecule has 1 heterocycles. The molecule has 0 radical (unpaired) electrons. The van der Waals surface area contributed by atoms with Gasteiger partial charge in [-0.1, -0.05) is 18.2 Å². The second-order valence-electron chi connectivity index (χ2n) is 6.77. The first-order chi connectivity index (χ1) is 15.1. The smallest absolute Gasteiger partial charge is 0.416 e. The molecular weight excluding hydrogens is 427 g/mol. The van der Waals surface area contributed by atoms with E-state index in [0.717, 1.165) is 12.1 Å². The predicted molar refractivity (Wildman–Crippen MR) is 110 cm³/mol. The van der Waals surface area contributed by atoms with Crippen molar-refractivity contribution < 1.29 is 32.0 Å². The molecule has 0 aliphatic rings. The standard InChI is InChI=1S/C22H18F3N3O4/c1-13(26-20(30)14-9-10-32-12-14)19(29)28-18-8-3-2-7-17(18)21(31)27-16-6-4-5-15(11-16)22(23,24)25/h2-13H,1H3,(H,26,30)(H,27,31)(H,28,29). The Morgan fingerprint density at radius 2 is 1.69 bits per heavy atom. The molecule has 2 aromatic carbocycles. The lowest BCUT2D eigenvalue weighted by molar-refractivity contribution is -0.137. The fraction of sp³-hybridized carbons (Fsp3) is 0.136. The van der Waals surface area contributed by atoms with Crippen LogP contribution in [0.1, 0.15) is 33.2 Å². The van der Waals surface area contributed by atoms with Crippen LogP contribution in [-0.2, 0) is 11.0 Å². The SMILES string of the molecule is CC(NC(=O)c1ccoc1)C(=O)Nc1ccccc1C(=O)Nc1cccc(C(F)(F)F)c1. The zero-order valence-corrected chi connectivity index (χ0v) is 16.7. The number of amides is 3. The molecule has 0 saturated heterocycles. The molecule has 3 rings (SSSR count). The summed E-state index contributed by atoms with van der Waals surface area (Å²) >= 11 is 0. The summed E-state index contributed by atoms with van der Waals surface area (Å²) in [5, 5.41) is 7.43. The molecule has 7 nitrogen and oxygen atoms in total. The van der Waals surface area contributed by atoms with E-state index < -0.39 is 35.5 Å². The summed E-state index contributed by atoms with van der Waals surface area (Å²) in [6.07, 6.45) is -2.00. The third-order valence-corrected chi connectivity index (χ3v) is 4.40. The van der Waals surface area contributed by atoms with E-state index in [1.165, 1.54) is 49.8 Å². The van der Waals surface area contributed by atoms with Gasteiger partial charge in [0.15, 0.2) is 0 Å². The minimum absolute atomic E-state index is 0.0339. The molecule has 0 aliphatic heterocycles. The van der Waals surface area contributed by atoms with E-state index in [1.807, 2.05) is 0 Å². The molecule has 0 spiro atoms. The zero-order valence-electron chi connectivity index (χ0n) is 16.7. The van der Waals surface area contributed by atoms with E-state index in [-0.39, 0.29) is 22.5 Å². The summed E-state index contributed by atoms with van der Waals surface area (Å²) in [6, 6.07) is 10.7. The molecule has 1 atom stereocenters. The quantitative estimate of drug-likeness (QED) is 0.527. The minimum atomic E-state index is -4.55. The third-order valence-electron chi connectivity index (χ3n) is 4.40. The summed E-state index contributed by atoms with van der Waals surface area (Å²) in [7, 11) is 0. The molecule has 0 bridgehead atoms. The van der Waals surface area contributed by atoms with Gasteiger partial charge < -0.3 is 20.4 Å². The average Bonchev–Trinajstić information content (AvgIpc) is 3.28. The number of carbonyl (C=O) groups excluding carboxylic acids is 3. The van der Waals surface area contributed by atoms with Gasteiger partial charge in [-0.15, -0.1) is 0 Å². The maximum Gasteiger partial charge on any atom is 0.416 e. The summed E-state index contributed by atoms with van der Waals surface area (Å²) in [5.41, 5.74) is -0.547. The van der Waals surface area contributed by atoms with Crippen molar-refractivity contribution in [3.8, 4) is 0 Å². The van der Waals surface area contributed by atoms with Crippen LogP contribution in [0.3, 0.4) is 0 Å². The van der Waals surface area contributed by atoms with E-state index in [0.29, 0.717) is 0 Å². The van der Waals surface area contributed by atoms with Gasteiger partial charge in [0.25, 0.3) is 11.8 Å². The van der Waals surface area contributed by atoms with Crippen molar-refractivity contribution in [2.45, 2.75) is 19.1 Å². The van der Waals surface area contributed by atoms with Gasteiger partial charge in [0.2, 0.25) is 5.91 Å². The largest absolute Gasteiger partial charge is 0.472 e. The monoisotopic (exact) mass is 445 g/mol. The number of rotatable bonds is 6. The van der Waals surface area contributed by atoms with Gasteiger partial charge in [-0.3, -0.25) is 14.4 Å². The number of para-hydroxylation sites is 1. The van der Waals surface area contributed by atoms with Crippen LogP contribution in [0, 0.1) is 0 Å². The molecule has 3 aromatic rings. The Morgan fingerprint density at radius 1 is 0.938 bits per heavy atom. The molecule has 1 unspecified atom stereocenters. The highest BCUT2D eigenvalue weighted by Gasteiger charge is 2.30. The number of benzene rings is 2. The van der Waals surface area contributed by atoms with Gasteiger partial charge in [-0.25, -0.2) is 0 Å². The number of anilines is 2. The first-order valence-corrected chi connectivity index (χ1v) is 9.36. The van der Waals surface area contributed by atoms with Crippen LogP contribution in [0.15, 0.2) is 71.5 Å². The van der Waals surface area contributed by atoms with E-state index in [9.17, 15) is 27.6 Å². The lowest BCUT2D eigenvalue weighted by atomic mass is 10.1. The van der Waals surface area contributed by atoms with E-state index in [4.69, 9.17) is 4.42 Å². The topological polar surface area (TPSA) is 100 Å². The molecule has 3 amide bonds. The summed E-state index contributed by atoms with van der Waals surface area (Å²) < 4.78 is 43.5. The maximum atomic E-state index is 12.9. The van der Waals surface area contributed by atoms with Crippen LogP contribution in [0.2, 0.25) is 0 Å². The Bertz CT molecular complexity index is 1130. The predicted octanol–water partition coefficient (Wildman–Crippen LogP) is 4.31. The minimum Gasteiger partial charge on any atom is -0.472 e. The van der Waals surface area contributed by atoms with Crippen molar-refractivity contribution in [2.75, 3.05) is 10.6 Å². The number of hydrogen-bond donors (Lipinski definition) is 3. The molecule has 3 N–H and O–H groups in total. The van der Waals surface area contributed by atoms with Crippen molar-refractivity contribution in [1.82, 2.24) is 5.32 Å². The second-order valence-corrected chi connectivity index (χ2v) is 6.77. The molecule has 0 aliphatic carbocycles. The van der Waals surface area contributed by atoms with Crippen molar-refractivity contribution in [2.24, 2.45) is 0 Å². The summed E-state index contributed by atoms with van der Waals surface area (Å²) in [6.45, 7) is 1.46. The Morgan fingerprint density at radius 3 is 2.38 bits per heavy atom. The number of halogens is 3. The number of alkyl halides is 3. The van der Waals surface area contributed by atoms with Gasteiger partial charge in [-0.05, 0) is 43.3 Å². The zero-order chi connectivity index (χ0) is 23.3. The Balaban J connectivity index is 1.70. The summed E-state index contributed by atoms with van der Waals surface area (Å²) in [4.78, 5) is 37.2. The lowest BCUT2D eigenvalue weighted by Gasteiger charge is -2.16. The molecule has 32 heavy (non-hydrogen) atoms. The molecule has 0 fully saturated rings. The number of nitrogens with one attached hydrogen (secondary N) is 3. The van der Waals surface area contributed by atoms with Crippen molar-refractivity contribution in [3.05, 3.63) is 83.8 Å². The Labute approximate surface area is 180 Å². The van der Waals surface area contributed by atoms with Gasteiger partial charge >= 0.3 is 6.18 Å². The number of carbonyl (C=O) groups is 3. The van der Waals surface area contributed by atoms with E-state index in [2.05, 4.69) is 16.0 Å². The van der Waals surface area contributed by atoms with E-state index >= 15 is 0 Å². The van der Waals surface area contributed by atoms with Crippen molar-refractivity contribution in [1.29, 1.82) is 0 Å². The molecule has 166 valence electrons. The highest BCUT2D eigenvalue weighted by atomic mass is 19.4. The lowest BCUT2D eigenvalue weighted by Crippen LogP contribution is -2.41. The highest BCUT2D eigenvalue weighted by Crippen LogP contribution is 2.31. The summed E-state index contributed by atoms with van der Waals surface area (Å²) in [5.74, 6) is -1.83. The first kappa shape index (κ1) is 22.6. The van der Waals surface area contributed by atoms with Crippen molar-refractivity contribution in [3.63, 3.8) is 0 Å². The molecule has 10 heteroatoms.